The van der Waals surface area contributed by atoms with Crippen molar-refractivity contribution in [3.63, 3.8) is 0 Å². The highest BCUT2D eigenvalue weighted by Crippen LogP contribution is 2.19. The Balaban J connectivity index is 1.35. The lowest BCUT2D eigenvalue weighted by Gasteiger charge is -2.12. The molecule has 3 aromatic carbocycles. The number of aromatic nitrogens is 2. The minimum Gasteiger partial charge on any atom is -0.492 e. The molecule has 4 aromatic rings. The molecule has 0 bridgehead atoms. The van der Waals surface area contributed by atoms with Gasteiger partial charge in [0.2, 0.25) is 5.91 Å². The predicted molar refractivity (Wildman–Crippen MR) is 133 cm³/mol. The molecule has 4 rings (SSSR count). The standard InChI is InChI=1S/C28H31N3O2/c1-21-18-22(2)20-24(19-21)33-17-16-31-26-11-7-6-10-25(26)30-27(31)14-15-29-28(32)13-12-23-8-4-3-5-9-23/h3-11,18-20H,12-17H2,1-2H3,(H,29,32). The molecule has 0 spiro atoms. The zero-order valence-electron chi connectivity index (χ0n) is 19.4. The van der Waals surface area contributed by atoms with Crippen LogP contribution < -0.4 is 10.1 Å². The summed E-state index contributed by atoms with van der Waals surface area (Å²) in [5, 5.41) is 3.04. The van der Waals surface area contributed by atoms with Gasteiger partial charge in [0.05, 0.1) is 17.6 Å². The van der Waals surface area contributed by atoms with Crippen LogP contribution in [0.4, 0.5) is 0 Å². The number of para-hydroxylation sites is 2. The minimum absolute atomic E-state index is 0.0691. The second kappa shape index (κ2) is 10.8. The van der Waals surface area contributed by atoms with E-state index in [4.69, 9.17) is 9.72 Å². The van der Waals surface area contributed by atoms with Gasteiger partial charge < -0.3 is 14.6 Å². The van der Waals surface area contributed by atoms with Gasteiger partial charge in [-0.25, -0.2) is 4.98 Å². The third-order valence-electron chi connectivity index (χ3n) is 5.67. The van der Waals surface area contributed by atoms with Crippen molar-refractivity contribution < 1.29 is 9.53 Å². The number of nitrogens with one attached hydrogen (secondary N) is 1. The van der Waals surface area contributed by atoms with E-state index in [1.54, 1.807) is 0 Å². The lowest BCUT2D eigenvalue weighted by Crippen LogP contribution is -2.27. The van der Waals surface area contributed by atoms with Crippen LogP contribution in [-0.2, 0) is 24.2 Å². The van der Waals surface area contributed by atoms with E-state index in [0.29, 0.717) is 32.5 Å². The zero-order chi connectivity index (χ0) is 23.0. The van der Waals surface area contributed by atoms with E-state index in [0.717, 1.165) is 29.0 Å². The highest BCUT2D eigenvalue weighted by Gasteiger charge is 2.11. The molecule has 0 aliphatic carbocycles. The van der Waals surface area contributed by atoms with Crippen LogP contribution >= 0.6 is 0 Å². The Bertz CT molecular complexity index is 1190. The highest BCUT2D eigenvalue weighted by molar-refractivity contribution is 5.77. The molecule has 1 amide bonds. The molecular formula is C28H31N3O2. The topological polar surface area (TPSA) is 56.1 Å². The van der Waals surface area contributed by atoms with Crippen molar-refractivity contribution in [2.24, 2.45) is 0 Å². The first-order chi connectivity index (χ1) is 16.1. The lowest BCUT2D eigenvalue weighted by molar-refractivity contribution is -0.121. The minimum atomic E-state index is 0.0691. The van der Waals surface area contributed by atoms with Crippen LogP contribution in [-0.4, -0.2) is 28.6 Å². The van der Waals surface area contributed by atoms with Crippen LogP contribution in [0.25, 0.3) is 11.0 Å². The summed E-state index contributed by atoms with van der Waals surface area (Å²) in [7, 11) is 0. The van der Waals surface area contributed by atoms with E-state index >= 15 is 0 Å². The molecule has 0 atom stereocenters. The molecule has 0 aliphatic rings. The second-order valence-corrected chi connectivity index (χ2v) is 8.43. The maximum absolute atomic E-state index is 12.3. The quantitative estimate of drug-likeness (QED) is 0.376. The van der Waals surface area contributed by atoms with Crippen LogP contribution in [0.2, 0.25) is 0 Å². The van der Waals surface area contributed by atoms with Gasteiger partial charge in [-0.15, -0.1) is 0 Å². The van der Waals surface area contributed by atoms with Crippen molar-refractivity contribution in [3.05, 3.63) is 95.3 Å². The third-order valence-corrected chi connectivity index (χ3v) is 5.67. The fourth-order valence-electron chi connectivity index (χ4n) is 4.14. The average Bonchev–Trinajstić information content (AvgIpc) is 3.15. The lowest BCUT2D eigenvalue weighted by atomic mass is 10.1. The highest BCUT2D eigenvalue weighted by atomic mass is 16.5. The molecule has 1 aromatic heterocycles. The molecule has 5 heteroatoms. The largest absolute Gasteiger partial charge is 0.492 e. The number of rotatable bonds is 10. The molecule has 1 N–H and O–H groups in total. The average molecular weight is 442 g/mol. The summed E-state index contributed by atoms with van der Waals surface area (Å²) in [5.41, 5.74) is 5.63. The summed E-state index contributed by atoms with van der Waals surface area (Å²) >= 11 is 0. The monoisotopic (exact) mass is 441 g/mol. The number of carbonyl (C=O) groups excluding carboxylic acids is 1. The number of carbonyl (C=O) groups is 1. The molecule has 0 saturated carbocycles. The summed E-state index contributed by atoms with van der Waals surface area (Å²) in [6, 6.07) is 24.5. The first-order valence-corrected chi connectivity index (χ1v) is 11.5. The van der Waals surface area contributed by atoms with Gasteiger partial charge >= 0.3 is 0 Å². The fourth-order valence-corrected chi connectivity index (χ4v) is 4.14. The summed E-state index contributed by atoms with van der Waals surface area (Å²) < 4.78 is 8.25. The Morgan fingerprint density at radius 1 is 0.939 bits per heavy atom. The van der Waals surface area contributed by atoms with Crippen LogP contribution in [0.15, 0.2) is 72.8 Å². The molecular weight excluding hydrogens is 410 g/mol. The maximum Gasteiger partial charge on any atom is 0.220 e. The van der Waals surface area contributed by atoms with E-state index in [2.05, 4.69) is 60.1 Å². The number of fused-ring (bicyclic) bond motifs is 1. The third kappa shape index (κ3) is 6.22. The van der Waals surface area contributed by atoms with E-state index in [9.17, 15) is 4.79 Å². The molecule has 170 valence electrons. The van der Waals surface area contributed by atoms with E-state index in [1.807, 2.05) is 36.4 Å². The molecule has 0 radical (unpaired) electrons. The molecule has 0 aliphatic heterocycles. The number of amides is 1. The van der Waals surface area contributed by atoms with Gasteiger partial charge in [-0.3, -0.25) is 4.79 Å². The number of imidazole rings is 1. The van der Waals surface area contributed by atoms with Crippen LogP contribution in [0.1, 0.15) is 28.9 Å². The summed E-state index contributed by atoms with van der Waals surface area (Å²) in [6.07, 6.45) is 1.92. The first kappa shape index (κ1) is 22.6. The summed E-state index contributed by atoms with van der Waals surface area (Å²) in [6.45, 7) is 5.98. The Labute approximate surface area is 195 Å². The van der Waals surface area contributed by atoms with Crippen LogP contribution in [0.3, 0.4) is 0 Å². The maximum atomic E-state index is 12.3. The van der Waals surface area contributed by atoms with Gasteiger partial charge in [-0.2, -0.15) is 0 Å². The van der Waals surface area contributed by atoms with Crippen LogP contribution in [0, 0.1) is 13.8 Å². The SMILES string of the molecule is Cc1cc(C)cc(OCCn2c(CCNC(=O)CCc3ccccc3)nc3ccccc32)c1. The van der Waals surface area contributed by atoms with Crippen LogP contribution in [0.5, 0.6) is 5.75 Å². The van der Waals surface area contributed by atoms with Crippen molar-refractivity contribution in [3.8, 4) is 5.75 Å². The first-order valence-electron chi connectivity index (χ1n) is 11.5. The number of benzene rings is 3. The van der Waals surface area contributed by atoms with E-state index < -0.39 is 0 Å². The molecule has 0 saturated heterocycles. The Kier molecular flexibility index (Phi) is 7.40. The molecule has 33 heavy (non-hydrogen) atoms. The summed E-state index contributed by atoms with van der Waals surface area (Å²) in [4.78, 5) is 17.1. The van der Waals surface area contributed by atoms with Crippen molar-refractivity contribution in [2.45, 2.75) is 39.7 Å². The number of hydrogen-bond donors (Lipinski definition) is 1. The number of aryl methyl sites for hydroxylation is 3. The van der Waals surface area contributed by atoms with Gasteiger partial charge in [-0.05, 0) is 61.2 Å². The Morgan fingerprint density at radius 2 is 1.67 bits per heavy atom. The van der Waals surface area contributed by atoms with E-state index in [1.165, 1.54) is 16.7 Å². The number of ether oxygens (including phenoxy) is 1. The second-order valence-electron chi connectivity index (χ2n) is 8.43. The van der Waals surface area contributed by atoms with E-state index in [-0.39, 0.29) is 5.91 Å². The van der Waals surface area contributed by atoms with Crippen molar-refractivity contribution in [1.82, 2.24) is 14.9 Å². The van der Waals surface area contributed by atoms with Crippen molar-refractivity contribution in [1.29, 1.82) is 0 Å². The van der Waals surface area contributed by atoms with Crippen molar-refractivity contribution in [2.75, 3.05) is 13.2 Å². The van der Waals surface area contributed by atoms with Crippen molar-refractivity contribution >= 4 is 16.9 Å². The predicted octanol–water partition coefficient (Wildman–Crippen LogP) is 5.02. The molecule has 1 heterocycles. The molecule has 5 nitrogen and oxygen atoms in total. The van der Waals surface area contributed by atoms with Gasteiger partial charge in [-0.1, -0.05) is 48.5 Å². The number of hydrogen-bond acceptors (Lipinski definition) is 3. The molecule has 0 fully saturated rings. The molecule has 0 unspecified atom stereocenters. The Hall–Kier alpha value is -3.60. The van der Waals surface area contributed by atoms with Gasteiger partial charge in [0.25, 0.3) is 0 Å². The zero-order valence-corrected chi connectivity index (χ0v) is 19.4. The van der Waals surface area contributed by atoms with Gasteiger partial charge in [0, 0.05) is 19.4 Å². The fraction of sp³-hybridized carbons (Fsp3) is 0.286. The van der Waals surface area contributed by atoms with Gasteiger partial charge in [0.1, 0.15) is 18.2 Å². The number of nitrogens with zero attached hydrogens (tertiary/aromatic N) is 2. The summed E-state index contributed by atoms with van der Waals surface area (Å²) in [5.74, 6) is 1.92. The normalized spacial score (nSPS) is 11.0. The Morgan fingerprint density at radius 3 is 2.45 bits per heavy atom. The smallest absolute Gasteiger partial charge is 0.220 e. The van der Waals surface area contributed by atoms with Gasteiger partial charge in [0.15, 0.2) is 0 Å².